The molecule has 3 aromatic rings. The summed E-state index contributed by atoms with van der Waals surface area (Å²) in [6, 6.07) is 13.2. The van der Waals surface area contributed by atoms with Crippen molar-refractivity contribution in [1.82, 2.24) is 4.98 Å². The first-order valence-electron chi connectivity index (χ1n) is 9.88. The molecule has 1 aliphatic carbocycles. The van der Waals surface area contributed by atoms with E-state index >= 15 is 0 Å². The van der Waals surface area contributed by atoms with Crippen LogP contribution in [-0.2, 0) is 5.41 Å². The van der Waals surface area contributed by atoms with Gasteiger partial charge in [-0.15, -0.1) is 11.3 Å². The zero-order valence-electron chi connectivity index (χ0n) is 16.9. The van der Waals surface area contributed by atoms with E-state index in [0.717, 1.165) is 39.3 Å². The number of rotatable bonds is 6. The van der Waals surface area contributed by atoms with E-state index in [1.807, 2.05) is 18.3 Å². The fourth-order valence-electron chi connectivity index (χ4n) is 3.18. The SMILES string of the molecule is CC(C)(C)c1cc(-c2cnc(-c3ccc(C(=O)O)cc3)s2)ccc1OCC1CC1. The summed E-state index contributed by atoms with van der Waals surface area (Å²) in [4.78, 5) is 16.7. The van der Waals surface area contributed by atoms with E-state index in [9.17, 15) is 4.79 Å². The van der Waals surface area contributed by atoms with Gasteiger partial charge in [-0.1, -0.05) is 32.9 Å². The average molecular weight is 408 g/mol. The van der Waals surface area contributed by atoms with E-state index in [1.54, 1.807) is 23.5 Å². The van der Waals surface area contributed by atoms with E-state index in [4.69, 9.17) is 9.84 Å². The number of nitrogens with zero attached hydrogens (tertiary/aromatic N) is 1. The van der Waals surface area contributed by atoms with Crippen molar-refractivity contribution in [3.8, 4) is 26.8 Å². The molecule has 1 N–H and O–H groups in total. The summed E-state index contributed by atoms with van der Waals surface area (Å²) in [6.07, 6.45) is 4.44. The van der Waals surface area contributed by atoms with Crippen LogP contribution in [0.2, 0.25) is 0 Å². The van der Waals surface area contributed by atoms with Gasteiger partial charge in [0.1, 0.15) is 10.8 Å². The lowest BCUT2D eigenvalue weighted by atomic mass is 9.85. The van der Waals surface area contributed by atoms with E-state index in [2.05, 4.69) is 44.0 Å². The minimum absolute atomic E-state index is 0.0188. The molecule has 0 saturated heterocycles. The molecule has 0 atom stereocenters. The third kappa shape index (κ3) is 4.51. The van der Waals surface area contributed by atoms with Gasteiger partial charge in [0.15, 0.2) is 0 Å². The molecule has 0 aliphatic heterocycles. The van der Waals surface area contributed by atoms with E-state index < -0.39 is 5.97 Å². The largest absolute Gasteiger partial charge is 0.493 e. The van der Waals surface area contributed by atoms with Gasteiger partial charge in [-0.2, -0.15) is 0 Å². The highest BCUT2D eigenvalue weighted by molar-refractivity contribution is 7.18. The Kier molecular flexibility index (Phi) is 5.17. The van der Waals surface area contributed by atoms with Crippen molar-refractivity contribution in [1.29, 1.82) is 0 Å². The number of carboxylic acids is 1. The van der Waals surface area contributed by atoms with E-state index in [-0.39, 0.29) is 11.0 Å². The van der Waals surface area contributed by atoms with Crippen molar-refractivity contribution in [2.24, 2.45) is 5.92 Å². The summed E-state index contributed by atoms with van der Waals surface area (Å²) < 4.78 is 6.12. The maximum atomic E-state index is 11.0. The average Bonchev–Trinajstić information content (AvgIpc) is 3.39. The molecule has 1 aromatic heterocycles. The summed E-state index contributed by atoms with van der Waals surface area (Å²) in [6.45, 7) is 7.42. The third-order valence-electron chi connectivity index (χ3n) is 5.13. The Morgan fingerprint density at radius 3 is 2.45 bits per heavy atom. The first-order chi connectivity index (χ1) is 13.8. The summed E-state index contributed by atoms with van der Waals surface area (Å²) >= 11 is 1.61. The van der Waals surface area contributed by atoms with Crippen LogP contribution >= 0.6 is 11.3 Å². The van der Waals surface area contributed by atoms with Crippen LogP contribution in [0.5, 0.6) is 5.75 Å². The fourth-order valence-corrected chi connectivity index (χ4v) is 4.10. The van der Waals surface area contributed by atoms with Crippen LogP contribution in [-0.4, -0.2) is 22.7 Å². The van der Waals surface area contributed by atoms with Crippen LogP contribution in [0.15, 0.2) is 48.7 Å². The standard InChI is InChI=1S/C24H25NO3S/c1-24(2,3)19-12-18(10-11-20(19)28-14-15-4-5-15)21-13-25-22(29-21)16-6-8-17(9-7-16)23(26)27/h6-13,15H,4-5,14H2,1-3H3,(H,26,27). The predicted molar refractivity (Wildman–Crippen MR) is 117 cm³/mol. The van der Waals surface area contributed by atoms with Crippen LogP contribution in [0.3, 0.4) is 0 Å². The van der Waals surface area contributed by atoms with Gasteiger partial charge in [-0.25, -0.2) is 9.78 Å². The lowest BCUT2D eigenvalue weighted by Gasteiger charge is -2.23. The highest BCUT2D eigenvalue weighted by Crippen LogP contribution is 2.39. The molecule has 0 spiro atoms. The number of carbonyl (C=O) groups is 1. The van der Waals surface area contributed by atoms with Crippen molar-refractivity contribution < 1.29 is 14.6 Å². The molecule has 1 fully saturated rings. The van der Waals surface area contributed by atoms with Crippen molar-refractivity contribution in [2.45, 2.75) is 39.0 Å². The molecular formula is C24H25NO3S. The minimum atomic E-state index is -0.921. The quantitative estimate of drug-likeness (QED) is 0.524. The molecule has 4 nitrogen and oxygen atoms in total. The van der Waals surface area contributed by atoms with Gasteiger partial charge in [-0.3, -0.25) is 0 Å². The summed E-state index contributed by atoms with van der Waals surface area (Å²) in [7, 11) is 0. The Morgan fingerprint density at radius 2 is 1.83 bits per heavy atom. The Morgan fingerprint density at radius 1 is 1.14 bits per heavy atom. The Bertz CT molecular complexity index is 1030. The second-order valence-corrected chi connectivity index (χ2v) is 9.66. The number of benzene rings is 2. The van der Waals surface area contributed by atoms with Gasteiger partial charge in [0.05, 0.1) is 17.0 Å². The summed E-state index contributed by atoms with van der Waals surface area (Å²) in [5.74, 6) is 0.774. The van der Waals surface area contributed by atoms with Crippen LogP contribution in [0.25, 0.3) is 21.0 Å². The van der Waals surface area contributed by atoms with Gasteiger partial charge in [0, 0.05) is 17.3 Å². The molecule has 0 radical (unpaired) electrons. The highest BCUT2D eigenvalue weighted by atomic mass is 32.1. The van der Waals surface area contributed by atoms with Crippen LogP contribution in [0.4, 0.5) is 0 Å². The van der Waals surface area contributed by atoms with Crippen molar-refractivity contribution in [3.05, 3.63) is 59.8 Å². The zero-order chi connectivity index (χ0) is 20.6. The maximum absolute atomic E-state index is 11.0. The fraction of sp³-hybridized carbons (Fsp3) is 0.333. The molecule has 2 aromatic carbocycles. The number of thiazole rings is 1. The summed E-state index contributed by atoms with van der Waals surface area (Å²) in [5.41, 5.74) is 3.51. The molecule has 1 aliphatic rings. The minimum Gasteiger partial charge on any atom is -0.493 e. The number of aromatic carboxylic acids is 1. The molecular weight excluding hydrogens is 382 g/mol. The second kappa shape index (κ2) is 7.64. The molecule has 1 heterocycles. The molecule has 1 saturated carbocycles. The van der Waals surface area contributed by atoms with Gasteiger partial charge in [0.2, 0.25) is 0 Å². The lowest BCUT2D eigenvalue weighted by Crippen LogP contribution is -2.14. The Hall–Kier alpha value is -2.66. The molecule has 5 heteroatoms. The maximum Gasteiger partial charge on any atom is 0.335 e. The summed E-state index contributed by atoms with van der Waals surface area (Å²) in [5, 5.41) is 9.94. The number of carboxylic acid groups (broad SMARTS) is 1. The van der Waals surface area contributed by atoms with Crippen LogP contribution in [0.1, 0.15) is 49.5 Å². The number of aromatic nitrogens is 1. The molecule has 4 rings (SSSR count). The van der Waals surface area contributed by atoms with E-state index in [1.165, 1.54) is 18.4 Å². The smallest absolute Gasteiger partial charge is 0.335 e. The van der Waals surface area contributed by atoms with Gasteiger partial charge < -0.3 is 9.84 Å². The first kappa shape index (κ1) is 19.6. The number of hydrogen-bond donors (Lipinski definition) is 1. The number of ether oxygens (including phenoxy) is 1. The monoisotopic (exact) mass is 407 g/mol. The zero-order valence-corrected chi connectivity index (χ0v) is 17.8. The Balaban J connectivity index is 1.61. The van der Waals surface area contributed by atoms with Crippen molar-refractivity contribution in [2.75, 3.05) is 6.61 Å². The van der Waals surface area contributed by atoms with Crippen LogP contribution in [0, 0.1) is 5.92 Å². The second-order valence-electron chi connectivity index (χ2n) is 8.63. The number of hydrogen-bond acceptors (Lipinski definition) is 4. The van der Waals surface area contributed by atoms with Gasteiger partial charge in [0.25, 0.3) is 0 Å². The molecule has 0 bridgehead atoms. The van der Waals surface area contributed by atoms with Crippen LogP contribution < -0.4 is 4.74 Å². The molecule has 0 amide bonds. The van der Waals surface area contributed by atoms with Gasteiger partial charge >= 0.3 is 5.97 Å². The normalized spacial score (nSPS) is 14.0. The van der Waals surface area contributed by atoms with E-state index in [0.29, 0.717) is 0 Å². The highest BCUT2D eigenvalue weighted by Gasteiger charge is 2.25. The Labute approximate surface area is 175 Å². The van der Waals surface area contributed by atoms with Gasteiger partial charge in [-0.05, 0) is 60.1 Å². The predicted octanol–water partition coefficient (Wildman–Crippen LogP) is 6.26. The molecule has 150 valence electrons. The molecule has 0 unspecified atom stereocenters. The lowest BCUT2D eigenvalue weighted by molar-refractivity contribution is 0.0697. The first-order valence-corrected chi connectivity index (χ1v) is 10.7. The molecule has 29 heavy (non-hydrogen) atoms. The topological polar surface area (TPSA) is 59.4 Å². The van der Waals surface area contributed by atoms with Crippen molar-refractivity contribution in [3.63, 3.8) is 0 Å². The third-order valence-corrected chi connectivity index (χ3v) is 6.22. The van der Waals surface area contributed by atoms with Crippen molar-refractivity contribution >= 4 is 17.3 Å².